The molecule has 2 atom stereocenters. The highest BCUT2D eigenvalue weighted by Crippen LogP contribution is 2.16. The monoisotopic (exact) mass is 262 g/mol. The van der Waals surface area contributed by atoms with Crippen LogP contribution < -0.4 is 11.1 Å². The second-order valence-electron chi connectivity index (χ2n) is 4.95. The van der Waals surface area contributed by atoms with E-state index in [1.165, 1.54) is 18.2 Å². The first-order valence-corrected chi connectivity index (χ1v) is 6.65. The smallest absolute Gasteiger partial charge is 0.244 e. The third kappa shape index (κ3) is 4.17. The van der Waals surface area contributed by atoms with Gasteiger partial charge in [0.1, 0.15) is 5.82 Å². The molecule has 102 valence electrons. The maximum Gasteiger partial charge on any atom is 0.244 e. The van der Waals surface area contributed by atoms with E-state index in [1.54, 1.807) is 18.2 Å². The molecule has 4 heteroatoms. The van der Waals surface area contributed by atoms with Crippen LogP contribution in [0.1, 0.15) is 31.2 Å². The molecule has 0 saturated heterocycles. The number of benzene rings is 1. The van der Waals surface area contributed by atoms with Crippen molar-refractivity contribution in [2.45, 2.75) is 37.8 Å². The van der Waals surface area contributed by atoms with Crippen LogP contribution in [-0.4, -0.2) is 18.0 Å². The molecule has 1 fully saturated rings. The topological polar surface area (TPSA) is 55.1 Å². The predicted molar refractivity (Wildman–Crippen MR) is 73.8 cm³/mol. The second-order valence-corrected chi connectivity index (χ2v) is 4.95. The number of rotatable bonds is 3. The number of amides is 1. The summed E-state index contributed by atoms with van der Waals surface area (Å²) in [6, 6.07) is 6.12. The van der Waals surface area contributed by atoms with Gasteiger partial charge in [0.2, 0.25) is 5.91 Å². The quantitative estimate of drug-likeness (QED) is 0.821. The van der Waals surface area contributed by atoms with Crippen LogP contribution in [0.4, 0.5) is 4.39 Å². The molecule has 1 aromatic rings. The standard InChI is InChI=1S/C15H19FN2O/c16-12-8-5-11(6-9-12)7-10-15(19)18-14-4-2-1-3-13(14)17/h5-10,13-14H,1-4,17H2,(H,18,19)/b10-7+. The van der Waals surface area contributed by atoms with E-state index in [0.29, 0.717) is 0 Å². The molecule has 3 nitrogen and oxygen atoms in total. The minimum atomic E-state index is -0.283. The third-order valence-electron chi connectivity index (χ3n) is 3.44. The minimum Gasteiger partial charge on any atom is -0.348 e. The number of carbonyl (C=O) groups is 1. The Labute approximate surface area is 112 Å². The fourth-order valence-corrected chi connectivity index (χ4v) is 2.32. The Kier molecular flexibility index (Phi) is 4.68. The molecule has 0 aromatic heterocycles. The zero-order valence-electron chi connectivity index (χ0n) is 10.8. The van der Waals surface area contributed by atoms with Crippen molar-refractivity contribution in [3.8, 4) is 0 Å². The van der Waals surface area contributed by atoms with Crippen LogP contribution in [0.25, 0.3) is 6.08 Å². The van der Waals surface area contributed by atoms with Gasteiger partial charge in [-0.2, -0.15) is 0 Å². The predicted octanol–water partition coefficient (Wildman–Crippen LogP) is 2.22. The molecule has 2 unspecified atom stereocenters. The average molecular weight is 262 g/mol. The van der Waals surface area contributed by atoms with Crippen LogP contribution in [0.2, 0.25) is 0 Å². The summed E-state index contributed by atoms with van der Waals surface area (Å²) in [6.07, 6.45) is 7.29. The molecule has 3 N–H and O–H groups in total. The molecular formula is C15H19FN2O. The van der Waals surface area contributed by atoms with Gasteiger partial charge >= 0.3 is 0 Å². The highest BCUT2D eigenvalue weighted by Gasteiger charge is 2.22. The molecule has 19 heavy (non-hydrogen) atoms. The molecular weight excluding hydrogens is 243 g/mol. The molecule has 0 aliphatic heterocycles. The van der Waals surface area contributed by atoms with E-state index < -0.39 is 0 Å². The molecule has 1 aromatic carbocycles. The molecule has 1 amide bonds. The number of hydrogen-bond acceptors (Lipinski definition) is 2. The van der Waals surface area contributed by atoms with E-state index >= 15 is 0 Å². The molecule has 1 aliphatic rings. The summed E-state index contributed by atoms with van der Waals surface area (Å²) in [5.41, 5.74) is 6.77. The first-order chi connectivity index (χ1) is 9.15. The van der Waals surface area contributed by atoms with Crippen molar-refractivity contribution in [1.29, 1.82) is 0 Å². The Morgan fingerprint density at radius 1 is 1.26 bits per heavy atom. The maximum atomic E-state index is 12.7. The average Bonchev–Trinajstić information content (AvgIpc) is 2.41. The summed E-state index contributed by atoms with van der Waals surface area (Å²) in [4.78, 5) is 11.8. The van der Waals surface area contributed by atoms with Gasteiger partial charge in [0.25, 0.3) is 0 Å². The zero-order valence-corrected chi connectivity index (χ0v) is 10.8. The molecule has 0 heterocycles. The maximum absolute atomic E-state index is 12.7. The second kappa shape index (κ2) is 6.48. The van der Waals surface area contributed by atoms with Crippen molar-refractivity contribution in [3.05, 3.63) is 41.7 Å². The van der Waals surface area contributed by atoms with E-state index in [0.717, 1.165) is 31.2 Å². The highest BCUT2D eigenvalue weighted by molar-refractivity contribution is 5.91. The van der Waals surface area contributed by atoms with Crippen LogP contribution in [0.5, 0.6) is 0 Å². The van der Waals surface area contributed by atoms with Gasteiger partial charge < -0.3 is 11.1 Å². The molecule has 1 saturated carbocycles. The van der Waals surface area contributed by atoms with Crippen molar-refractivity contribution in [3.63, 3.8) is 0 Å². The van der Waals surface area contributed by atoms with Crippen LogP contribution in [0, 0.1) is 5.82 Å². The number of nitrogens with one attached hydrogen (secondary N) is 1. The summed E-state index contributed by atoms with van der Waals surface area (Å²) in [5.74, 6) is -0.429. The van der Waals surface area contributed by atoms with Crippen molar-refractivity contribution < 1.29 is 9.18 Å². The minimum absolute atomic E-state index is 0.0527. The molecule has 2 rings (SSSR count). The van der Waals surface area contributed by atoms with Gasteiger partial charge in [0.05, 0.1) is 0 Å². The Hall–Kier alpha value is -1.68. The van der Waals surface area contributed by atoms with Gasteiger partial charge in [-0.05, 0) is 36.6 Å². The van der Waals surface area contributed by atoms with Gasteiger partial charge in [-0.15, -0.1) is 0 Å². The summed E-state index contributed by atoms with van der Waals surface area (Å²) >= 11 is 0. The molecule has 0 radical (unpaired) electrons. The first-order valence-electron chi connectivity index (χ1n) is 6.65. The lowest BCUT2D eigenvalue weighted by atomic mass is 9.91. The molecule has 0 bridgehead atoms. The van der Waals surface area contributed by atoms with Crippen LogP contribution in [-0.2, 0) is 4.79 Å². The lowest BCUT2D eigenvalue weighted by Gasteiger charge is -2.28. The van der Waals surface area contributed by atoms with E-state index in [1.807, 2.05) is 0 Å². The van der Waals surface area contributed by atoms with Gasteiger partial charge in [0, 0.05) is 18.2 Å². The van der Waals surface area contributed by atoms with E-state index in [-0.39, 0.29) is 23.8 Å². The largest absolute Gasteiger partial charge is 0.348 e. The van der Waals surface area contributed by atoms with E-state index in [4.69, 9.17) is 5.73 Å². The van der Waals surface area contributed by atoms with Crippen molar-refractivity contribution in [2.24, 2.45) is 5.73 Å². The van der Waals surface area contributed by atoms with Crippen LogP contribution in [0.15, 0.2) is 30.3 Å². The Bertz CT molecular complexity index is 456. The fraction of sp³-hybridized carbons (Fsp3) is 0.400. The van der Waals surface area contributed by atoms with Gasteiger partial charge in [0.15, 0.2) is 0 Å². The van der Waals surface area contributed by atoms with Gasteiger partial charge in [-0.25, -0.2) is 4.39 Å². The summed E-state index contributed by atoms with van der Waals surface area (Å²) < 4.78 is 12.7. The van der Waals surface area contributed by atoms with Gasteiger partial charge in [-0.1, -0.05) is 25.0 Å². The Balaban J connectivity index is 1.88. The lowest BCUT2D eigenvalue weighted by Crippen LogP contribution is -2.48. The summed E-state index contributed by atoms with van der Waals surface area (Å²) in [7, 11) is 0. The Morgan fingerprint density at radius 3 is 2.63 bits per heavy atom. The van der Waals surface area contributed by atoms with E-state index in [9.17, 15) is 9.18 Å². The van der Waals surface area contributed by atoms with Gasteiger partial charge in [-0.3, -0.25) is 4.79 Å². The lowest BCUT2D eigenvalue weighted by molar-refractivity contribution is -0.117. The molecule has 0 spiro atoms. The summed E-state index contributed by atoms with van der Waals surface area (Å²) in [6.45, 7) is 0. The van der Waals surface area contributed by atoms with Crippen molar-refractivity contribution >= 4 is 12.0 Å². The van der Waals surface area contributed by atoms with Crippen molar-refractivity contribution in [1.82, 2.24) is 5.32 Å². The number of halogens is 1. The third-order valence-corrected chi connectivity index (χ3v) is 3.44. The first kappa shape index (κ1) is 13.7. The van der Waals surface area contributed by atoms with Crippen LogP contribution in [0.3, 0.4) is 0 Å². The fourth-order valence-electron chi connectivity index (χ4n) is 2.32. The number of hydrogen-bond donors (Lipinski definition) is 2. The molecule has 1 aliphatic carbocycles. The number of carbonyl (C=O) groups excluding carboxylic acids is 1. The Morgan fingerprint density at radius 2 is 1.95 bits per heavy atom. The SMILES string of the molecule is NC1CCCCC1NC(=O)/C=C/c1ccc(F)cc1. The van der Waals surface area contributed by atoms with Crippen LogP contribution >= 0.6 is 0 Å². The zero-order chi connectivity index (χ0) is 13.7. The van der Waals surface area contributed by atoms with Crippen molar-refractivity contribution in [2.75, 3.05) is 0 Å². The van der Waals surface area contributed by atoms with E-state index in [2.05, 4.69) is 5.32 Å². The normalized spacial score (nSPS) is 23.5. The summed E-state index contributed by atoms with van der Waals surface area (Å²) in [5, 5.41) is 2.93. The number of nitrogens with two attached hydrogens (primary N) is 1. The highest BCUT2D eigenvalue weighted by atomic mass is 19.1.